The molecule has 4 rings (SSSR count). The van der Waals surface area contributed by atoms with Gasteiger partial charge in [-0.05, 0) is 58.7 Å². The Balaban J connectivity index is 0.00000142. The summed E-state index contributed by atoms with van der Waals surface area (Å²) in [5, 5.41) is 45.2. The number of aliphatic imine (C=N–C) groups is 2. The molecule has 53 heavy (non-hydrogen) atoms. The molecule has 0 saturated heterocycles. The number of benzene rings is 4. The van der Waals surface area contributed by atoms with Crippen molar-refractivity contribution in [3.63, 3.8) is 0 Å². The number of aliphatic carboxylic acids is 2. The number of carboxylic acids is 2. The largest absolute Gasteiger partial charge is 2.00 e. The number of phenolic OH excluding ortho intramolecular Hbond substituents is 2. The van der Waals surface area contributed by atoms with Gasteiger partial charge in [-0.3, -0.25) is 9.98 Å². The average Bonchev–Trinajstić information content (AvgIpc) is 2.97. The van der Waals surface area contributed by atoms with Crippen molar-refractivity contribution in [3.05, 3.63) is 82.9 Å². The fraction of sp³-hybridized carbons (Fsp3) is 0.381. The van der Waals surface area contributed by atoms with Gasteiger partial charge in [0.25, 0.3) is 0 Å². The number of carbonyl (C=O) groups excluding carboxylic acids is 2. The maximum absolute atomic E-state index is 11.4. The zero-order valence-corrected chi connectivity index (χ0v) is 36.7. The molecule has 0 unspecified atom stereocenters. The molecule has 287 valence electrons. The molecule has 4 aromatic carbocycles. The van der Waals surface area contributed by atoms with Crippen molar-refractivity contribution in [2.24, 2.45) is 9.98 Å². The van der Waals surface area contributed by atoms with E-state index >= 15 is 0 Å². The summed E-state index contributed by atoms with van der Waals surface area (Å²) in [5.74, 6) is -1.62. The topological polar surface area (TPSA) is 145 Å². The van der Waals surface area contributed by atoms with Gasteiger partial charge >= 0.3 is 16.8 Å². The normalized spacial score (nSPS) is 12.1. The SMILES string of the molecule is CC(=O)[O-].CC(=O)[O-].CC(C)(C)c1cc([Si](C)(C)C)cc(C=Nc2cc3ccccc3cc2N=Cc2cc([Si](C)(C)C)cc(C(C)(C)C)c2O)c1O.[Co+2]. The molecule has 4 aromatic rings. The predicted octanol–water partition coefficient (Wildman–Crippen LogP) is 6.95. The van der Waals surface area contributed by atoms with Gasteiger partial charge in [0.1, 0.15) is 11.5 Å². The van der Waals surface area contributed by atoms with Crippen molar-refractivity contribution >= 4 is 73.0 Å². The van der Waals surface area contributed by atoms with Crippen molar-refractivity contribution in [1.29, 1.82) is 0 Å². The number of carboxylic acid groups (broad SMARTS) is 2. The number of hydrogen-bond acceptors (Lipinski definition) is 8. The third kappa shape index (κ3) is 14.0. The minimum atomic E-state index is -1.66. The molecule has 0 aliphatic heterocycles. The molecular formula is C42H56CoN2O6Si2. The molecule has 8 nitrogen and oxygen atoms in total. The van der Waals surface area contributed by atoms with Crippen molar-refractivity contribution < 1.29 is 46.8 Å². The number of nitrogens with zero attached hydrogens (tertiary/aromatic N) is 2. The summed E-state index contributed by atoms with van der Waals surface area (Å²) in [6.07, 6.45) is 3.55. The van der Waals surface area contributed by atoms with Crippen LogP contribution in [0.3, 0.4) is 0 Å². The Kier molecular flexibility index (Phi) is 16.2. The second-order valence-corrected chi connectivity index (χ2v) is 27.3. The minimum Gasteiger partial charge on any atom is -0.550 e. The van der Waals surface area contributed by atoms with E-state index in [0.29, 0.717) is 22.5 Å². The predicted molar refractivity (Wildman–Crippen MR) is 219 cm³/mol. The van der Waals surface area contributed by atoms with Gasteiger partial charge in [-0.15, -0.1) is 0 Å². The standard InChI is InChI=1S/C38H50N2O2Si2.2C2H4O2.Co/c1-37(2,3)31-21-29(43(7,8)9)17-27(35(31)41)23-39-33-19-25-15-13-14-16-26(25)20-34(33)40-24-28-18-30(44(10,11)12)22-32(36(28)42)38(4,5)6;2*1-2(3)4;/h13-24,41-42H,1-12H3;2*1H3,(H,3,4);/q;;;+2/p-2. The van der Waals surface area contributed by atoms with E-state index in [1.54, 1.807) is 12.4 Å². The number of aromatic hydroxyl groups is 2. The third-order valence-electron chi connectivity index (χ3n) is 8.16. The Bertz CT molecular complexity index is 1830. The molecule has 0 atom stereocenters. The molecule has 0 fully saturated rings. The van der Waals surface area contributed by atoms with Gasteiger partial charge in [0.05, 0.1) is 27.5 Å². The summed E-state index contributed by atoms with van der Waals surface area (Å²) >= 11 is 0. The van der Waals surface area contributed by atoms with Crippen LogP contribution in [0.5, 0.6) is 11.5 Å². The molecule has 11 heteroatoms. The second-order valence-electron chi connectivity index (χ2n) is 17.1. The molecule has 0 spiro atoms. The van der Waals surface area contributed by atoms with Gasteiger partial charge in [0.2, 0.25) is 0 Å². The first-order chi connectivity index (χ1) is 23.6. The maximum Gasteiger partial charge on any atom is 2.00 e. The number of carbonyl (C=O) groups is 2. The van der Waals surface area contributed by atoms with E-state index < -0.39 is 28.1 Å². The van der Waals surface area contributed by atoms with E-state index in [1.807, 2.05) is 24.3 Å². The molecular weight excluding hydrogens is 744 g/mol. The van der Waals surface area contributed by atoms with Crippen LogP contribution in [-0.4, -0.2) is 50.7 Å². The Hall–Kier alpha value is -4.04. The van der Waals surface area contributed by atoms with Crippen LogP contribution in [0.2, 0.25) is 39.3 Å². The van der Waals surface area contributed by atoms with Crippen LogP contribution in [0.1, 0.15) is 77.6 Å². The Morgan fingerprint density at radius 2 is 0.887 bits per heavy atom. The van der Waals surface area contributed by atoms with Gasteiger partial charge in [-0.25, -0.2) is 0 Å². The van der Waals surface area contributed by atoms with Crippen LogP contribution in [0, 0.1) is 0 Å². The van der Waals surface area contributed by atoms with Crippen molar-refractivity contribution in [1.82, 2.24) is 0 Å². The first-order valence-electron chi connectivity index (χ1n) is 17.3. The molecule has 0 heterocycles. The van der Waals surface area contributed by atoms with E-state index in [1.165, 1.54) is 10.4 Å². The zero-order chi connectivity index (χ0) is 40.0. The van der Waals surface area contributed by atoms with Crippen LogP contribution in [-0.2, 0) is 37.2 Å². The Morgan fingerprint density at radius 3 is 1.13 bits per heavy atom. The van der Waals surface area contributed by atoms with Gasteiger partial charge in [-0.1, -0.05) is 140 Å². The van der Waals surface area contributed by atoms with Crippen LogP contribution in [0.15, 0.2) is 70.6 Å². The number of rotatable bonds is 6. The average molecular weight is 800 g/mol. The summed E-state index contributed by atoms with van der Waals surface area (Å²) < 4.78 is 0. The van der Waals surface area contributed by atoms with E-state index in [0.717, 1.165) is 35.7 Å². The molecule has 0 amide bonds. The van der Waals surface area contributed by atoms with Crippen LogP contribution in [0.25, 0.3) is 10.8 Å². The quantitative estimate of drug-likeness (QED) is 0.160. The van der Waals surface area contributed by atoms with E-state index in [2.05, 4.69) is 117 Å². The molecule has 1 radical (unpaired) electrons. The molecule has 0 aliphatic carbocycles. The molecule has 0 saturated carbocycles. The summed E-state index contributed by atoms with van der Waals surface area (Å²) in [4.78, 5) is 27.7. The van der Waals surface area contributed by atoms with Crippen molar-refractivity contribution in [2.45, 2.75) is 106 Å². The molecule has 0 bridgehead atoms. The van der Waals surface area contributed by atoms with E-state index in [-0.39, 0.29) is 39.1 Å². The zero-order valence-electron chi connectivity index (χ0n) is 33.7. The van der Waals surface area contributed by atoms with Crippen LogP contribution >= 0.6 is 0 Å². The molecule has 0 aromatic heterocycles. The number of phenols is 2. The fourth-order valence-electron chi connectivity index (χ4n) is 5.22. The van der Waals surface area contributed by atoms with Crippen LogP contribution < -0.4 is 20.6 Å². The van der Waals surface area contributed by atoms with Crippen molar-refractivity contribution in [3.8, 4) is 11.5 Å². The first-order valence-corrected chi connectivity index (χ1v) is 24.3. The Labute approximate surface area is 328 Å². The molecule has 2 N–H and O–H groups in total. The maximum atomic E-state index is 11.4. The number of fused-ring (bicyclic) bond motifs is 1. The molecule has 0 aliphatic rings. The van der Waals surface area contributed by atoms with Gasteiger partial charge in [-0.2, -0.15) is 0 Å². The minimum absolute atomic E-state index is 0. The van der Waals surface area contributed by atoms with Gasteiger partial charge in [0, 0.05) is 35.5 Å². The Morgan fingerprint density at radius 1 is 0.604 bits per heavy atom. The fourth-order valence-corrected chi connectivity index (χ4v) is 7.55. The third-order valence-corrected chi connectivity index (χ3v) is 12.2. The van der Waals surface area contributed by atoms with Crippen molar-refractivity contribution in [2.75, 3.05) is 0 Å². The summed E-state index contributed by atoms with van der Waals surface area (Å²) in [5.41, 5.74) is 4.28. The number of hydrogen-bond donors (Lipinski definition) is 2. The van der Waals surface area contributed by atoms with Crippen LogP contribution in [0.4, 0.5) is 11.4 Å². The monoisotopic (exact) mass is 799 g/mol. The second kappa shape index (κ2) is 18.3. The summed E-state index contributed by atoms with van der Waals surface area (Å²) in [6, 6.07) is 20.8. The first kappa shape index (κ1) is 47.0. The van der Waals surface area contributed by atoms with E-state index in [4.69, 9.17) is 29.8 Å². The van der Waals surface area contributed by atoms with E-state index in [9.17, 15) is 10.2 Å². The summed E-state index contributed by atoms with van der Waals surface area (Å²) in [7, 11) is -3.33. The van der Waals surface area contributed by atoms with Gasteiger partial charge in [0.15, 0.2) is 0 Å². The van der Waals surface area contributed by atoms with Gasteiger partial charge < -0.3 is 30.0 Å². The summed E-state index contributed by atoms with van der Waals surface area (Å²) in [6.45, 7) is 28.6. The smallest absolute Gasteiger partial charge is 0.550 e.